The molecule has 2 heterocycles. The molecule has 2 rings (SSSR count). The first kappa shape index (κ1) is 12.5. The predicted octanol–water partition coefficient (Wildman–Crippen LogP) is 0.793. The summed E-state index contributed by atoms with van der Waals surface area (Å²) in [5, 5.41) is 7.31. The van der Waals surface area contributed by atoms with Gasteiger partial charge in [0, 0.05) is 31.7 Å². The minimum Gasteiger partial charge on any atom is -0.379 e. The molecule has 1 aliphatic heterocycles. The SMILES string of the molecule is Cc1cc(CNC(C)CN2CCOCC2)on1. The standard InChI is InChI=1S/C12H21N3O2/c1-10-7-12(17-14-10)8-13-11(2)9-15-3-5-16-6-4-15/h7,11,13H,3-6,8-9H2,1-2H3. The molecule has 0 aromatic carbocycles. The van der Waals surface area contributed by atoms with E-state index < -0.39 is 0 Å². The average Bonchev–Trinajstić information content (AvgIpc) is 2.74. The maximum Gasteiger partial charge on any atom is 0.150 e. The number of aromatic nitrogens is 1. The van der Waals surface area contributed by atoms with Crippen LogP contribution in [0.25, 0.3) is 0 Å². The molecule has 1 atom stereocenters. The number of hydrogen-bond donors (Lipinski definition) is 1. The molecule has 1 N–H and O–H groups in total. The van der Waals surface area contributed by atoms with E-state index in [4.69, 9.17) is 9.26 Å². The fourth-order valence-electron chi connectivity index (χ4n) is 2.01. The quantitative estimate of drug-likeness (QED) is 0.823. The van der Waals surface area contributed by atoms with E-state index in [0.29, 0.717) is 6.04 Å². The van der Waals surface area contributed by atoms with Crippen molar-refractivity contribution in [1.29, 1.82) is 0 Å². The van der Waals surface area contributed by atoms with E-state index in [0.717, 1.165) is 50.8 Å². The molecule has 1 aliphatic rings. The third-order valence-corrected chi connectivity index (χ3v) is 2.94. The molecular weight excluding hydrogens is 218 g/mol. The number of nitrogens with zero attached hydrogens (tertiary/aromatic N) is 2. The highest BCUT2D eigenvalue weighted by Gasteiger charge is 2.13. The van der Waals surface area contributed by atoms with Gasteiger partial charge in [-0.25, -0.2) is 0 Å². The lowest BCUT2D eigenvalue weighted by molar-refractivity contribution is 0.0342. The molecule has 1 aromatic rings. The lowest BCUT2D eigenvalue weighted by atomic mass is 10.2. The molecule has 5 heteroatoms. The van der Waals surface area contributed by atoms with E-state index in [1.165, 1.54) is 0 Å². The number of ether oxygens (including phenoxy) is 1. The van der Waals surface area contributed by atoms with Crippen LogP contribution in [0.1, 0.15) is 18.4 Å². The van der Waals surface area contributed by atoms with Crippen molar-refractivity contribution < 1.29 is 9.26 Å². The summed E-state index contributed by atoms with van der Waals surface area (Å²) in [6.45, 7) is 9.70. The maximum atomic E-state index is 5.33. The summed E-state index contributed by atoms with van der Waals surface area (Å²) in [6, 6.07) is 2.41. The number of rotatable bonds is 5. The largest absolute Gasteiger partial charge is 0.379 e. The molecule has 1 aromatic heterocycles. The van der Waals surface area contributed by atoms with Crippen LogP contribution in [0.2, 0.25) is 0 Å². The minimum atomic E-state index is 0.443. The van der Waals surface area contributed by atoms with Crippen LogP contribution in [0.3, 0.4) is 0 Å². The number of nitrogens with one attached hydrogen (secondary N) is 1. The highest BCUT2D eigenvalue weighted by molar-refractivity contribution is 5.02. The summed E-state index contributed by atoms with van der Waals surface area (Å²) in [5.41, 5.74) is 0.933. The highest BCUT2D eigenvalue weighted by atomic mass is 16.5. The van der Waals surface area contributed by atoms with Crippen molar-refractivity contribution in [3.05, 3.63) is 17.5 Å². The molecular formula is C12H21N3O2. The van der Waals surface area contributed by atoms with Gasteiger partial charge in [0.15, 0.2) is 5.76 Å². The van der Waals surface area contributed by atoms with Gasteiger partial charge in [-0.15, -0.1) is 0 Å². The molecule has 0 spiro atoms. The molecule has 0 radical (unpaired) electrons. The first-order valence-electron chi connectivity index (χ1n) is 6.20. The van der Waals surface area contributed by atoms with Crippen LogP contribution in [0.15, 0.2) is 10.6 Å². The van der Waals surface area contributed by atoms with Crippen molar-refractivity contribution in [3.63, 3.8) is 0 Å². The average molecular weight is 239 g/mol. The smallest absolute Gasteiger partial charge is 0.150 e. The zero-order chi connectivity index (χ0) is 12.1. The summed E-state index contributed by atoms with van der Waals surface area (Å²) < 4.78 is 10.5. The topological polar surface area (TPSA) is 50.5 Å². The Balaban J connectivity index is 1.68. The van der Waals surface area contributed by atoms with Crippen molar-refractivity contribution in [3.8, 4) is 0 Å². The Bertz CT molecular complexity index is 334. The molecule has 1 unspecified atom stereocenters. The van der Waals surface area contributed by atoms with Gasteiger partial charge >= 0.3 is 0 Å². The van der Waals surface area contributed by atoms with Gasteiger partial charge in [0.25, 0.3) is 0 Å². The van der Waals surface area contributed by atoms with E-state index in [2.05, 4.69) is 22.3 Å². The van der Waals surface area contributed by atoms with Crippen LogP contribution in [-0.2, 0) is 11.3 Å². The third-order valence-electron chi connectivity index (χ3n) is 2.94. The summed E-state index contributed by atoms with van der Waals surface area (Å²) in [4.78, 5) is 2.42. The summed E-state index contributed by atoms with van der Waals surface area (Å²) in [6.07, 6.45) is 0. The van der Waals surface area contributed by atoms with Crippen LogP contribution in [0, 0.1) is 6.92 Å². The van der Waals surface area contributed by atoms with E-state index in [1.54, 1.807) is 0 Å². The van der Waals surface area contributed by atoms with Crippen LogP contribution < -0.4 is 5.32 Å². The van der Waals surface area contributed by atoms with Crippen LogP contribution >= 0.6 is 0 Å². The van der Waals surface area contributed by atoms with Gasteiger partial charge in [-0.2, -0.15) is 0 Å². The summed E-state index contributed by atoms with van der Waals surface area (Å²) >= 11 is 0. The molecule has 0 aliphatic carbocycles. The molecule has 0 amide bonds. The molecule has 96 valence electrons. The summed E-state index contributed by atoms with van der Waals surface area (Å²) in [5.74, 6) is 0.899. The summed E-state index contributed by atoms with van der Waals surface area (Å²) in [7, 11) is 0. The molecule has 1 fully saturated rings. The normalized spacial score (nSPS) is 19.4. The van der Waals surface area contributed by atoms with Crippen molar-refractivity contribution in [2.45, 2.75) is 26.4 Å². The molecule has 1 saturated heterocycles. The monoisotopic (exact) mass is 239 g/mol. The maximum absolute atomic E-state index is 5.33. The number of morpholine rings is 1. The fourth-order valence-corrected chi connectivity index (χ4v) is 2.01. The number of hydrogen-bond acceptors (Lipinski definition) is 5. The second-order valence-corrected chi connectivity index (χ2v) is 4.63. The molecule has 0 saturated carbocycles. The Labute approximate surface area is 102 Å². The van der Waals surface area contributed by atoms with Crippen LogP contribution in [0.4, 0.5) is 0 Å². The van der Waals surface area contributed by atoms with E-state index in [1.807, 2.05) is 13.0 Å². The highest BCUT2D eigenvalue weighted by Crippen LogP contribution is 2.03. The van der Waals surface area contributed by atoms with Gasteiger partial charge in [0.1, 0.15) is 0 Å². The van der Waals surface area contributed by atoms with Gasteiger partial charge in [0.05, 0.1) is 25.5 Å². The lowest BCUT2D eigenvalue weighted by Gasteiger charge is -2.29. The second kappa shape index (κ2) is 6.14. The zero-order valence-corrected chi connectivity index (χ0v) is 10.6. The molecule has 0 bridgehead atoms. The van der Waals surface area contributed by atoms with Gasteiger partial charge < -0.3 is 14.6 Å². The molecule has 17 heavy (non-hydrogen) atoms. The van der Waals surface area contributed by atoms with Gasteiger partial charge in [0.2, 0.25) is 0 Å². The Kier molecular flexibility index (Phi) is 4.53. The van der Waals surface area contributed by atoms with E-state index >= 15 is 0 Å². The van der Waals surface area contributed by atoms with Crippen molar-refractivity contribution in [1.82, 2.24) is 15.4 Å². The van der Waals surface area contributed by atoms with Gasteiger partial charge in [-0.05, 0) is 13.8 Å². The lowest BCUT2D eigenvalue weighted by Crippen LogP contribution is -2.44. The van der Waals surface area contributed by atoms with Crippen molar-refractivity contribution >= 4 is 0 Å². The predicted molar refractivity (Wildman–Crippen MR) is 64.8 cm³/mol. The van der Waals surface area contributed by atoms with E-state index in [9.17, 15) is 0 Å². The van der Waals surface area contributed by atoms with Crippen LogP contribution in [0.5, 0.6) is 0 Å². The Morgan fingerprint density at radius 2 is 2.24 bits per heavy atom. The Morgan fingerprint density at radius 1 is 1.47 bits per heavy atom. The molecule has 5 nitrogen and oxygen atoms in total. The van der Waals surface area contributed by atoms with Crippen LogP contribution in [-0.4, -0.2) is 48.9 Å². The Hall–Kier alpha value is -0.910. The van der Waals surface area contributed by atoms with Gasteiger partial charge in [-0.1, -0.05) is 5.16 Å². The zero-order valence-electron chi connectivity index (χ0n) is 10.6. The van der Waals surface area contributed by atoms with Crippen molar-refractivity contribution in [2.75, 3.05) is 32.8 Å². The first-order valence-corrected chi connectivity index (χ1v) is 6.20. The second-order valence-electron chi connectivity index (χ2n) is 4.63. The first-order chi connectivity index (χ1) is 8.24. The van der Waals surface area contributed by atoms with E-state index in [-0.39, 0.29) is 0 Å². The third kappa shape index (κ3) is 4.11. The van der Waals surface area contributed by atoms with Gasteiger partial charge in [-0.3, -0.25) is 4.90 Å². The fraction of sp³-hybridized carbons (Fsp3) is 0.750. The minimum absolute atomic E-state index is 0.443. The Morgan fingerprint density at radius 3 is 2.88 bits per heavy atom. The van der Waals surface area contributed by atoms with Crippen molar-refractivity contribution in [2.24, 2.45) is 0 Å². The number of aryl methyl sites for hydroxylation is 1.